The lowest BCUT2D eigenvalue weighted by molar-refractivity contribution is -0.124. The fourth-order valence-electron chi connectivity index (χ4n) is 5.94. The monoisotopic (exact) mass is 495 g/mol. The van der Waals surface area contributed by atoms with Gasteiger partial charge < -0.3 is 19.9 Å². The highest BCUT2D eigenvalue weighted by Gasteiger charge is 2.43. The molecule has 2 aliphatic heterocycles. The summed E-state index contributed by atoms with van der Waals surface area (Å²) in [6.45, 7) is 9.02. The Hall–Kier alpha value is -2.77. The lowest BCUT2D eigenvalue weighted by Gasteiger charge is -2.41. The predicted molar refractivity (Wildman–Crippen MR) is 138 cm³/mol. The van der Waals surface area contributed by atoms with Gasteiger partial charge in [0.05, 0.1) is 18.6 Å². The molecule has 1 N–H and O–H groups in total. The van der Waals surface area contributed by atoms with Crippen molar-refractivity contribution < 1.29 is 18.7 Å². The van der Waals surface area contributed by atoms with E-state index in [0.717, 1.165) is 31.6 Å². The van der Waals surface area contributed by atoms with Crippen LogP contribution in [0.25, 0.3) is 0 Å². The van der Waals surface area contributed by atoms with Crippen LogP contribution in [0.4, 0.5) is 4.39 Å². The highest BCUT2D eigenvalue weighted by Crippen LogP contribution is 2.42. The Morgan fingerprint density at radius 3 is 2.44 bits per heavy atom. The first kappa shape index (κ1) is 26.3. The van der Waals surface area contributed by atoms with E-state index in [1.807, 2.05) is 18.2 Å². The summed E-state index contributed by atoms with van der Waals surface area (Å²) < 4.78 is 19.0. The van der Waals surface area contributed by atoms with Gasteiger partial charge in [0, 0.05) is 38.9 Å². The summed E-state index contributed by atoms with van der Waals surface area (Å²) in [6.07, 6.45) is 2.14. The van der Waals surface area contributed by atoms with E-state index in [4.69, 9.17) is 4.74 Å². The molecule has 0 unspecified atom stereocenters. The number of piperidine rings is 1. The number of rotatable bonds is 9. The highest BCUT2D eigenvalue weighted by molar-refractivity contribution is 6.01. The molecule has 2 heterocycles. The first-order valence-corrected chi connectivity index (χ1v) is 13.0. The number of fused-ring (bicyclic) bond motifs is 1. The third-order valence-corrected chi connectivity index (χ3v) is 7.36. The van der Waals surface area contributed by atoms with E-state index in [9.17, 15) is 14.0 Å². The zero-order chi connectivity index (χ0) is 25.7. The van der Waals surface area contributed by atoms with Crippen molar-refractivity contribution in [3.8, 4) is 0 Å². The minimum absolute atomic E-state index is 0.118. The molecule has 1 fully saturated rings. The smallest absolute Gasteiger partial charge is 0.254 e. The van der Waals surface area contributed by atoms with Gasteiger partial charge in [0.2, 0.25) is 5.91 Å². The molecule has 0 radical (unpaired) electrons. The second-order valence-electron chi connectivity index (χ2n) is 10.4. The van der Waals surface area contributed by atoms with Crippen molar-refractivity contribution in [3.63, 3.8) is 0 Å². The van der Waals surface area contributed by atoms with Crippen molar-refractivity contribution in [1.82, 2.24) is 15.1 Å². The van der Waals surface area contributed by atoms with Crippen molar-refractivity contribution in [2.45, 2.75) is 38.6 Å². The van der Waals surface area contributed by atoms with E-state index in [2.05, 4.69) is 24.1 Å². The van der Waals surface area contributed by atoms with Crippen LogP contribution in [0, 0.1) is 17.7 Å². The fourth-order valence-corrected chi connectivity index (χ4v) is 5.94. The number of likely N-dealkylation sites (tertiary alicyclic amines) is 1. The van der Waals surface area contributed by atoms with Crippen LogP contribution in [0.1, 0.15) is 60.1 Å². The molecular formula is C29H38FN3O3. The number of halogens is 1. The van der Waals surface area contributed by atoms with E-state index >= 15 is 0 Å². The zero-order valence-corrected chi connectivity index (χ0v) is 21.6. The van der Waals surface area contributed by atoms with Gasteiger partial charge in [-0.3, -0.25) is 9.59 Å². The Bertz CT molecular complexity index is 1030. The molecule has 0 bridgehead atoms. The number of nitrogens with zero attached hydrogens (tertiary/aromatic N) is 2. The Kier molecular flexibility index (Phi) is 8.75. The molecule has 0 saturated carbocycles. The Balaban J connectivity index is 1.55. The Morgan fingerprint density at radius 1 is 1.06 bits per heavy atom. The summed E-state index contributed by atoms with van der Waals surface area (Å²) in [7, 11) is 1.59. The van der Waals surface area contributed by atoms with Gasteiger partial charge in [0.25, 0.3) is 5.91 Å². The summed E-state index contributed by atoms with van der Waals surface area (Å²) in [5.74, 6) is 0.188. The first-order valence-electron chi connectivity index (χ1n) is 13.0. The van der Waals surface area contributed by atoms with Crippen molar-refractivity contribution in [3.05, 3.63) is 71.0 Å². The van der Waals surface area contributed by atoms with Crippen LogP contribution < -0.4 is 5.32 Å². The average Bonchev–Trinajstić information content (AvgIpc) is 2.86. The highest BCUT2D eigenvalue weighted by atomic mass is 19.1. The molecule has 2 aromatic carbocycles. The maximum Gasteiger partial charge on any atom is 0.254 e. The topological polar surface area (TPSA) is 61.9 Å². The molecule has 7 heteroatoms. The molecule has 2 amide bonds. The summed E-state index contributed by atoms with van der Waals surface area (Å²) in [4.78, 5) is 31.4. The van der Waals surface area contributed by atoms with Gasteiger partial charge in [0.15, 0.2) is 0 Å². The fraction of sp³-hybridized carbons (Fsp3) is 0.517. The summed E-state index contributed by atoms with van der Waals surface area (Å²) >= 11 is 0. The molecule has 4 rings (SSSR count). The zero-order valence-electron chi connectivity index (χ0n) is 21.6. The predicted octanol–water partition coefficient (Wildman–Crippen LogP) is 4.24. The van der Waals surface area contributed by atoms with Gasteiger partial charge in [-0.15, -0.1) is 0 Å². The maximum atomic E-state index is 13.7. The lowest BCUT2D eigenvalue weighted by Crippen LogP contribution is -2.48. The molecular weight excluding hydrogens is 457 g/mol. The van der Waals surface area contributed by atoms with Crippen molar-refractivity contribution in [2.24, 2.45) is 11.8 Å². The third kappa shape index (κ3) is 5.95. The van der Waals surface area contributed by atoms with Crippen LogP contribution in [-0.2, 0) is 9.53 Å². The number of benzene rings is 2. The number of ether oxygens (including phenoxy) is 1. The molecule has 2 aromatic rings. The largest absolute Gasteiger partial charge is 0.383 e. The Morgan fingerprint density at radius 2 is 1.75 bits per heavy atom. The summed E-state index contributed by atoms with van der Waals surface area (Å²) in [5.41, 5.74) is 1.97. The third-order valence-electron chi connectivity index (χ3n) is 7.36. The van der Waals surface area contributed by atoms with Crippen LogP contribution in [0.5, 0.6) is 0 Å². The summed E-state index contributed by atoms with van der Waals surface area (Å²) in [5, 5.41) is 3.15. The molecule has 194 valence electrons. The van der Waals surface area contributed by atoms with E-state index in [1.165, 1.54) is 18.6 Å². The van der Waals surface area contributed by atoms with E-state index in [0.29, 0.717) is 42.7 Å². The van der Waals surface area contributed by atoms with Crippen LogP contribution in [0.3, 0.4) is 0 Å². The minimum atomic E-state index is -0.601. The van der Waals surface area contributed by atoms with Crippen LogP contribution in [0.15, 0.2) is 48.5 Å². The van der Waals surface area contributed by atoms with Gasteiger partial charge in [-0.25, -0.2) is 4.39 Å². The van der Waals surface area contributed by atoms with Gasteiger partial charge in [-0.05, 0) is 60.5 Å². The standard InChI is InChI=1S/C29H38FN3O3/c1-20-17-21(2)19-32(18-20)14-6-13-31-28(34)26-24-7-4-5-8-25(24)29(35)33(15-16-36-3)27(26)22-9-11-23(30)12-10-22/h4-5,7-12,20-21,26-27H,6,13-19H2,1-3H3,(H,31,34)/t20-,21-,26+,27-/m1/s1. The number of amides is 2. The van der Waals surface area contributed by atoms with E-state index in [1.54, 1.807) is 30.2 Å². The van der Waals surface area contributed by atoms with Gasteiger partial charge in [-0.2, -0.15) is 0 Å². The van der Waals surface area contributed by atoms with Gasteiger partial charge in [0.1, 0.15) is 5.82 Å². The van der Waals surface area contributed by atoms with Crippen molar-refractivity contribution >= 4 is 11.8 Å². The summed E-state index contributed by atoms with van der Waals surface area (Å²) in [6, 6.07) is 12.9. The molecule has 4 atom stereocenters. The quantitative estimate of drug-likeness (QED) is 0.529. The minimum Gasteiger partial charge on any atom is -0.383 e. The number of nitrogens with one attached hydrogen (secondary N) is 1. The van der Waals surface area contributed by atoms with Crippen molar-refractivity contribution in [2.75, 3.05) is 46.4 Å². The Labute approximate surface area is 213 Å². The van der Waals surface area contributed by atoms with Crippen LogP contribution in [0.2, 0.25) is 0 Å². The van der Waals surface area contributed by atoms with E-state index < -0.39 is 12.0 Å². The molecule has 0 aromatic heterocycles. The second-order valence-corrected chi connectivity index (χ2v) is 10.4. The molecule has 6 nitrogen and oxygen atoms in total. The molecule has 2 aliphatic rings. The molecule has 0 spiro atoms. The number of methoxy groups -OCH3 is 1. The normalized spacial score (nSPS) is 24.4. The number of hydrogen-bond acceptors (Lipinski definition) is 4. The maximum absolute atomic E-state index is 13.7. The average molecular weight is 496 g/mol. The molecule has 0 aliphatic carbocycles. The SMILES string of the molecule is COCCN1C(=O)c2ccccc2[C@H](C(=O)NCCCN2C[C@H](C)C[C@@H](C)C2)[C@H]1c1ccc(F)cc1. The lowest BCUT2D eigenvalue weighted by atomic mass is 9.79. The first-order chi connectivity index (χ1) is 17.4. The second kappa shape index (κ2) is 12.0. The molecule has 36 heavy (non-hydrogen) atoms. The molecule has 1 saturated heterocycles. The number of carbonyl (C=O) groups is 2. The number of carbonyl (C=O) groups excluding carboxylic acids is 2. The van der Waals surface area contributed by atoms with Gasteiger partial charge >= 0.3 is 0 Å². The van der Waals surface area contributed by atoms with Gasteiger partial charge in [-0.1, -0.05) is 44.2 Å². The van der Waals surface area contributed by atoms with Crippen LogP contribution >= 0.6 is 0 Å². The van der Waals surface area contributed by atoms with Crippen LogP contribution in [-0.4, -0.2) is 68.1 Å². The van der Waals surface area contributed by atoms with Crippen molar-refractivity contribution in [1.29, 1.82) is 0 Å². The van der Waals surface area contributed by atoms with E-state index in [-0.39, 0.29) is 17.6 Å². The number of hydrogen-bond donors (Lipinski definition) is 1.